The van der Waals surface area contributed by atoms with Crippen LogP contribution in [0.4, 0.5) is 5.82 Å². The Morgan fingerprint density at radius 2 is 1.80 bits per heavy atom. The number of aromatic nitrogens is 1. The molecule has 0 aliphatic rings. The van der Waals surface area contributed by atoms with E-state index in [4.69, 9.17) is 4.52 Å². The van der Waals surface area contributed by atoms with Gasteiger partial charge in [-0.05, 0) is 56.0 Å². The van der Waals surface area contributed by atoms with Gasteiger partial charge in [-0.2, -0.15) is 0 Å². The largest absolute Gasteiger partial charge is 0.360 e. The summed E-state index contributed by atoms with van der Waals surface area (Å²) in [6.45, 7) is 7.77. The third-order valence-electron chi connectivity index (χ3n) is 3.94. The van der Waals surface area contributed by atoms with E-state index in [1.807, 2.05) is 19.9 Å². The van der Waals surface area contributed by atoms with Gasteiger partial charge in [0.15, 0.2) is 5.82 Å². The van der Waals surface area contributed by atoms with E-state index < -0.39 is 0 Å². The average Bonchev–Trinajstić information content (AvgIpc) is 2.93. The summed E-state index contributed by atoms with van der Waals surface area (Å²) < 4.78 is 4.88. The average molecular weight is 341 g/mol. The number of hydrogen-bond donors (Lipinski definition) is 1. The summed E-state index contributed by atoms with van der Waals surface area (Å²) in [5.74, 6) is 0.361. The second kappa shape index (κ2) is 7.79. The molecule has 0 unspecified atom stereocenters. The van der Waals surface area contributed by atoms with Crippen molar-refractivity contribution in [1.82, 2.24) is 10.1 Å². The molecular weight excluding hydrogens is 318 g/mol. The Balaban J connectivity index is 1.95. The van der Waals surface area contributed by atoms with E-state index in [0.29, 0.717) is 11.6 Å². The fraction of sp³-hybridized carbons (Fsp3) is 0.316. The highest BCUT2D eigenvalue weighted by molar-refractivity contribution is 5.97. The minimum absolute atomic E-state index is 0.0685. The molecule has 0 bridgehead atoms. The van der Waals surface area contributed by atoms with Crippen molar-refractivity contribution in [3.8, 4) is 0 Å². The highest BCUT2D eigenvalue weighted by Gasteiger charge is 2.12. The molecule has 0 fully saturated rings. The van der Waals surface area contributed by atoms with Crippen molar-refractivity contribution < 1.29 is 14.1 Å². The Morgan fingerprint density at radius 3 is 2.44 bits per heavy atom. The van der Waals surface area contributed by atoms with E-state index in [2.05, 4.69) is 23.5 Å². The number of aryl methyl sites for hydroxylation is 4. The zero-order valence-corrected chi connectivity index (χ0v) is 15.2. The first-order valence-corrected chi connectivity index (χ1v) is 8.00. The number of benzene rings is 1. The van der Waals surface area contributed by atoms with Crippen molar-refractivity contribution in [3.63, 3.8) is 0 Å². The monoisotopic (exact) mass is 341 g/mol. The van der Waals surface area contributed by atoms with Crippen LogP contribution < -0.4 is 5.32 Å². The second-order valence-corrected chi connectivity index (χ2v) is 6.19. The standard InChI is InChI=1S/C19H23N3O3/c1-12-8-14(3)16(9-13(12)2)6-7-19(24)22(5)11-18(23)20-17-10-15(4)25-21-17/h6-10H,11H2,1-5H3,(H,20,21,23). The molecule has 0 aliphatic heterocycles. The number of hydrogen-bond acceptors (Lipinski definition) is 4. The van der Waals surface area contributed by atoms with Crippen LogP contribution in [0, 0.1) is 27.7 Å². The molecule has 0 radical (unpaired) electrons. The molecule has 25 heavy (non-hydrogen) atoms. The number of carbonyl (C=O) groups is 2. The predicted octanol–water partition coefficient (Wildman–Crippen LogP) is 3.02. The topological polar surface area (TPSA) is 75.4 Å². The van der Waals surface area contributed by atoms with Crippen molar-refractivity contribution >= 4 is 23.7 Å². The molecule has 132 valence electrons. The molecule has 2 aromatic rings. The zero-order chi connectivity index (χ0) is 18.6. The molecule has 1 aromatic carbocycles. The van der Waals surface area contributed by atoms with E-state index in [1.165, 1.54) is 22.1 Å². The van der Waals surface area contributed by atoms with Crippen molar-refractivity contribution in [3.05, 3.63) is 52.3 Å². The van der Waals surface area contributed by atoms with Crippen LogP contribution >= 0.6 is 0 Å². The molecule has 2 amide bonds. The fourth-order valence-electron chi connectivity index (χ4n) is 2.35. The molecule has 6 heteroatoms. The number of nitrogens with zero attached hydrogens (tertiary/aromatic N) is 2. The molecule has 1 aromatic heterocycles. The van der Waals surface area contributed by atoms with Crippen LogP contribution in [0.5, 0.6) is 0 Å². The molecule has 2 rings (SSSR count). The highest BCUT2D eigenvalue weighted by atomic mass is 16.5. The van der Waals surface area contributed by atoms with E-state index in [9.17, 15) is 9.59 Å². The van der Waals surface area contributed by atoms with Crippen molar-refractivity contribution in [2.75, 3.05) is 18.9 Å². The number of rotatable bonds is 5. The number of carbonyl (C=O) groups excluding carboxylic acids is 2. The molecule has 1 heterocycles. The van der Waals surface area contributed by atoms with E-state index in [-0.39, 0.29) is 18.4 Å². The minimum Gasteiger partial charge on any atom is -0.360 e. The van der Waals surface area contributed by atoms with Crippen molar-refractivity contribution in [2.45, 2.75) is 27.7 Å². The lowest BCUT2D eigenvalue weighted by molar-refractivity contribution is -0.129. The maximum Gasteiger partial charge on any atom is 0.246 e. The quantitative estimate of drug-likeness (QED) is 0.848. The van der Waals surface area contributed by atoms with Gasteiger partial charge < -0.3 is 14.7 Å². The van der Waals surface area contributed by atoms with Crippen LogP contribution in [0.15, 0.2) is 28.8 Å². The van der Waals surface area contributed by atoms with Gasteiger partial charge in [0, 0.05) is 19.2 Å². The zero-order valence-electron chi connectivity index (χ0n) is 15.2. The van der Waals surface area contributed by atoms with E-state index >= 15 is 0 Å². The Bertz CT molecular complexity index is 821. The molecule has 0 saturated carbocycles. The van der Waals surface area contributed by atoms with E-state index in [1.54, 1.807) is 26.1 Å². The molecule has 0 aliphatic carbocycles. The van der Waals surface area contributed by atoms with Gasteiger partial charge in [0.25, 0.3) is 0 Å². The van der Waals surface area contributed by atoms with Gasteiger partial charge in [0.05, 0.1) is 6.54 Å². The van der Waals surface area contributed by atoms with Crippen LogP contribution in [0.25, 0.3) is 6.08 Å². The SMILES string of the molecule is Cc1cc(NC(=O)CN(C)C(=O)C=Cc2cc(C)c(C)cc2C)no1. The van der Waals surface area contributed by atoms with Gasteiger partial charge in [0.2, 0.25) is 11.8 Å². The van der Waals surface area contributed by atoms with Gasteiger partial charge in [-0.3, -0.25) is 9.59 Å². The molecule has 0 saturated heterocycles. The van der Waals surface area contributed by atoms with Crippen LogP contribution in [-0.2, 0) is 9.59 Å². The number of likely N-dealkylation sites (N-methyl/N-ethyl adjacent to an activating group) is 1. The lowest BCUT2D eigenvalue weighted by Crippen LogP contribution is -2.33. The normalized spacial score (nSPS) is 10.9. The highest BCUT2D eigenvalue weighted by Crippen LogP contribution is 2.16. The maximum atomic E-state index is 12.2. The van der Waals surface area contributed by atoms with Crippen LogP contribution in [0.2, 0.25) is 0 Å². The maximum absolute atomic E-state index is 12.2. The molecule has 0 spiro atoms. The summed E-state index contributed by atoms with van der Waals surface area (Å²) in [5, 5.41) is 6.27. The Morgan fingerprint density at radius 1 is 1.12 bits per heavy atom. The summed E-state index contributed by atoms with van der Waals surface area (Å²) in [7, 11) is 1.58. The number of anilines is 1. The lowest BCUT2D eigenvalue weighted by Gasteiger charge is -2.14. The Hall–Kier alpha value is -2.89. The van der Waals surface area contributed by atoms with Crippen LogP contribution in [-0.4, -0.2) is 35.5 Å². The minimum atomic E-state index is -0.333. The van der Waals surface area contributed by atoms with Gasteiger partial charge in [-0.1, -0.05) is 17.3 Å². The van der Waals surface area contributed by atoms with E-state index in [0.717, 1.165) is 11.1 Å². The predicted molar refractivity (Wildman–Crippen MR) is 97.2 cm³/mol. The summed E-state index contributed by atoms with van der Waals surface area (Å²) in [6, 6.07) is 5.76. The molecule has 6 nitrogen and oxygen atoms in total. The first-order chi connectivity index (χ1) is 11.8. The summed E-state index contributed by atoms with van der Waals surface area (Å²) in [6.07, 6.45) is 3.25. The molecule has 0 atom stereocenters. The first-order valence-electron chi connectivity index (χ1n) is 8.00. The van der Waals surface area contributed by atoms with Gasteiger partial charge in [0.1, 0.15) is 5.76 Å². The number of nitrogens with one attached hydrogen (secondary N) is 1. The Labute approximate surface area is 147 Å². The van der Waals surface area contributed by atoms with Gasteiger partial charge in [-0.15, -0.1) is 0 Å². The lowest BCUT2D eigenvalue weighted by atomic mass is 10.0. The van der Waals surface area contributed by atoms with Gasteiger partial charge >= 0.3 is 0 Å². The molecule has 1 N–H and O–H groups in total. The van der Waals surface area contributed by atoms with Crippen molar-refractivity contribution in [2.24, 2.45) is 0 Å². The summed E-state index contributed by atoms with van der Waals surface area (Å²) in [5.41, 5.74) is 4.49. The van der Waals surface area contributed by atoms with Crippen LogP contribution in [0.1, 0.15) is 28.0 Å². The molecular formula is C19H23N3O3. The summed E-state index contributed by atoms with van der Waals surface area (Å²) in [4.78, 5) is 25.5. The van der Waals surface area contributed by atoms with Gasteiger partial charge in [-0.25, -0.2) is 0 Å². The van der Waals surface area contributed by atoms with Crippen LogP contribution in [0.3, 0.4) is 0 Å². The smallest absolute Gasteiger partial charge is 0.246 e. The Kier molecular flexibility index (Phi) is 5.75. The third kappa shape index (κ3) is 5.04. The summed E-state index contributed by atoms with van der Waals surface area (Å²) >= 11 is 0. The first kappa shape index (κ1) is 18.4. The number of amides is 2. The second-order valence-electron chi connectivity index (χ2n) is 6.19. The third-order valence-corrected chi connectivity index (χ3v) is 3.94. The van der Waals surface area contributed by atoms with Crippen molar-refractivity contribution in [1.29, 1.82) is 0 Å². The fourth-order valence-corrected chi connectivity index (χ4v) is 2.35.